The third-order valence-corrected chi connectivity index (χ3v) is 3.66. The summed E-state index contributed by atoms with van der Waals surface area (Å²) in [7, 11) is 0. The van der Waals surface area contributed by atoms with E-state index in [0.29, 0.717) is 5.56 Å². The van der Waals surface area contributed by atoms with Gasteiger partial charge in [0.25, 0.3) is 5.91 Å². The zero-order chi connectivity index (χ0) is 14.0. The Kier molecular flexibility index (Phi) is 4.08. The van der Waals surface area contributed by atoms with Crippen molar-refractivity contribution < 1.29 is 18.0 Å². The van der Waals surface area contributed by atoms with Crippen LogP contribution in [0.4, 0.5) is 13.2 Å². The molecule has 0 aromatic heterocycles. The lowest BCUT2D eigenvalue weighted by Crippen LogP contribution is -2.42. The monoisotopic (exact) mass is 289 g/mol. The molecule has 0 aliphatic carbocycles. The van der Waals surface area contributed by atoms with Gasteiger partial charge in [-0.05, 0) is 37.1 Å². The highest BCUT2D eigenvalue weighted by molar-refractivity contribution is 7.80. The molecular weight excluding hydrogens is 275 g/mol. The second-order valence-corrected chi connectivity index (χ2v) is 5.17. The molecule has 2 nitrogen and oxygen atoms in total. The fourth-order valence-corrected chi connectivity index (χ4v) is 2.35. The summed E-state index contributed by atoms with van der Waals surface area (Å²) in [5, 5.41) is 0. The van der Waals surface area contributed by atoms with E-state index in [9.17, 15) is 18.0 Å². The molecule has 1 aliphatic heterocycles. The number of rotatable bonds is 1. The van der Waals surface area contributed by atoms with Gasteiger partial charge in [0.05, 0.1) is 5.92 Å². The fraction of sp³-hybridized carbons (Fsp3) is 0.462. The molecule has 0 bridgehead atoms. The molecule has 1 aromatic carbocycles. The summed E-state index contributed by atoms with van der Waals surface area (Å²) < 4.78 is 37.6. The van der Waals surface area contributed by atoms with Crippen molar-refractivity contribution in [2.75, 3.05) is 13.1 Å². The van der Waals surface area contributed by atoms with Crippen LogP contribution in [0.5, 0.6) is 0 Å². The molecular formula is C13H14F3NOS. The number of carbonyl (C=O) groups is 1. The van der Waals surface area contributed by atoms with Crippen LogP contribution in [0.2, 0.25) is 0 Å². The minimum absolute atomic E-state index is 0.0140. The predicted molar refractivity (Wildman–Crippen MR) is 68.4 cm³/mol. The largest absolute Gasteiger partial charge is 0.391 e. The number of thiol groups is 1. The maximum Gasteiger partial charge on any atom is 0.391 e. The molecule has 1 fully saturated rings. The lowest BCUT2D eigenvalue weighted by molar-refractivity contribution is -0.183. The van der Waals surface area contributed by atoms with E-state index in [4.69, 9.17) is 0 Å². The maximum absolute atomic E-state index is 12.5. The first-order valence-corrected chi connectivity index (χ1v) is 6.47. The molecule has 1 aromatic rings. The van der Waals surface area contributed by atoms with E-state index in [1.54, 1.807) is 24.3 Å². The summed E-state index contributed by atoms with van der Waals surface area (Å²) in [5.74, 6) is -1.50. The number of hydrogen-bond donors (Lipinski definition) is 1. The van der Waals surface area contributed by atoms with Crippen molar-refractivity contribution in [3.63, 3.8) is 0 Å². The highest BCUT2D eigenvalue weighted by Crippen LogP contribution is 2.34. The van der Waals surface area contributed by atoms with Crippen LogP contribution in [0.3, 0.4) is 0 Å². The number of amides is 1. The number of halogens is 3. The van der Waals surface area contributed by atoms with Crippen LogP contribution in [-0.2, 0) is 0 Å². The van der Waals surface area contributed by atoms with Gasteiger partial charge < -0.3 is 4.90 Å². The van der Waals surface area contributed by atoms with Gasteiger partial charge in [0.2, 0.25) is 0 Å². The number of piperidine rings is 1. The second-order valence-electron chi connectivity index (χ2n) is 4.65. The molecule has 0 atom stereocenters. The summed E-state index contributed by atoms with van der Waals surface area (Å²) in [4.78, 5) is 14.3. The summed E-state index contributed by atoms with van der Waals surface area (Å²) in [6.07, 6.45) is -4.18. The van der Waals surface area contributed by atoms with E-state index in [1.807, 2.05) is 0 Å². The van der Waals surface area contributed by atoms with Crippen LogP contribution in [-0.4, -0.2) is 30.1 Å². The molecule has 2 rings (SSSR count). The van der Waals surface area contributed by atoms with E-state index in [-0.39, 0.29) is 31.8 Å². The van der Waals surface area contributed by atoms with E-state index in [1.165, 1.54) is 4.90 Å². The van der Waals surface area contributed by atoms with Crippen LogP contribution < -0.4 is 0 Å². The van der Waals surface area contributed by atoms with Crippen molar-refractivity contribution in [2.24, 2.45) is 5.92 Å². The van der Waals surface area contributed by atoms with Gasteiger partial charge >= 0.3 is 6.18 Å². The molecule has 1 amide bonds. The molecule has 6 heteroatoms. The molecule has 0 N–H and O–H groups in total. The molecule has 19 heavy (non-hydrogen) atoms. The van der Waals surface area contributed by atoms with Gasteiger partial charge in [-0.1, -0.05) is 0 Å². The van der Waals surface area contributed by atoms with Gasteiger partial charge in [-0.3, -0.25) is 4.79 Å². The topological polar surface area (TPSA) is 20.3 Å². The minimum Gasteiger partial charge on any atom is -0.339 e. The molecule has 0 radical (unpaired) electrons. The Labute approximate surface area is 115 Å². The normalized spacial score (nSPS) is 17.6. The lowest BCUT2D eigenvalue weighted by atomic mass is 9.96. The smallest absolute Gasteiger partial charge is 0.339 e. The number of likely N-dealkylation sites (tertiary alicyclic amines) is 1. The van der Waals surface area contributed by atoms with Crippen molar-refractivity contribution in [3.05, 3.63) is 29.8 Å². The van der Waals surface area contributed by atoms with Crippen LogP contribution in [0.25, 0.3) is 0 Å². The summed E-state index contributed by atoms with van der Waals surface area (Å²) in [6.45, 7) is 0.317. The predicted octanol–water partition coefficient (Wildman–Crippen LogP) is 3.39. The van der Waals surface area contributed by atoms with Crippen molar-refractivity contribution in [1.82, 2.24) is 4.90 Å². The van der Waals surface area contributed by atoms with Crippen molar-refractivity contribution >= 4 is 18.5 Å². The number of alkyl halides is 3. The van der Waals surface area contributed by atoms with Crippen molar-refractivity contribution in [1.29, 1.82) is 0 Å². The van der Waals surface area contributed by atoms with Gasteiger partial charge in [0.15, 0.2) is 0 Å². The Hall–Kier alpha value is -1.17. The average Bonchev–Trinajstić information content (AvgIpc) is 2.38. The van der Waals surface area contributed by atoms with Crippen molar-refractivity contribution in [3.8, 4) is 0 Å². The Morgan fingerprint density at radius 3 is 2.16 bits per heavy atom. The second kappa shape index (κ2) is 5.45. The zero-order valence-corrected chi connectivity index (χ0v) is 11.0. The summed E-state index contributed by atoms with van der Waals surface area (Å²) in [5.41, 5.74) is 0.489. The van der Waals surface area contributed by atoms with Gasteiger partial charge in [-0.25, -0.2) is 0 Å². The number of benzene rings is 1. The Balaban J connectivity index is 1.98. The average molecular weight is 289 g/mol. The Morgan fingerprint density at radius 1 is 1.16 bits per heavy atom. The van der Waals surface area contributed by atoms with Gasteiger partial charge in [-0.15, -0.1) is 12.6 Å². The van der Waals surface area contributed by atoms with Gasteiger partial charge in [0, 0.05) is 23.5 Å². The first-order valence-electron chi connectivity index (χ1n) is 6.03. The van der Waals surface area contributed by atoms with Crippen LogP contribution in [0, 0.1) is 5.92 Å². The third-order valence-electron chi connectivity index (χ3n) is 3.36. The minimum atomic E-state index is -4.15. The molecule has 0 saturated carbocycles. The summed E-state index contributed by atoms with van der Waals surface area (Å²) in [6, 6.07) is 6.67. The van der Waals surface area contributed by atoms with Crippen molar-refractivity contribution in [2.45, 2.75) is 23.9 Å². The van der Waals surface area contributed by atoms with E-state index >= 15 is 0 Å². The molecule has 0 spiro atoms. The highest BCUT2D eigenvalue weighted by Gasteiger charge is 2.41. The number of nitrogens with zero attached hydrogens (tertiary/aromatic N) is 1. The van der Waals surface area contributed by atoms with Crippen LogP contribution >= 0.6 is 12.6 Å². The maximum atomic E-state index is 12.5. The van der Waals surface area contributed by atoms with E-state index in [0.717, 1.165) is 4.90 Å². The molecule has 0 unspecified atom stereocenters. The summed E-state index contributed by atoms with van der Waals surface area (Å²) >= 11 is 4.12. The third kappa shape index (κ3) is 3.43. The van der Waals surface area contributed by atoms with E-state index in [2.05, 4.69) is 12.6 Å². The SMILES string of the molecule is O=C(c1ccc(S)cc1)N1CCC(C(F)(F)F)CC1. The molecule has 1 heterocycles. The number of hydrogen-bond acceptors (Lipinski definition) is 2. The Bertz CT molecular complexity index is 450. The van der Waals surface area contributed by atoms with Crippen LogP contribution in [0.15, 0.2) is 29.2 Å². The number of carbonyl (C=O) groups excluding carboxylic acids is 1. The molecule has 104 valence electrons. The van der Waals surface area contributed by atoms with Gasteiger partial charge in [-0.2, -0.15) is 13.2 Å². The first-order chi connectivity index (χ1) is 8.88. The quantitative estimate of drug-likeness (QED) is 0.786. The molecule has 1 aliphatic rings. The van der Waals surface area contributed by atoms with E-state index < -0.39 is 12.1 Å². The van der Waals surface area contributed by atoms with Gasteiger partial charge in [0.1, 0.15) is 0 Å². The first kappa shape index (κ1) is 14.2. The standard InChI is InChI=1S/C13H14F3NOS/c14-13(15,16)10-5-7-17(8-6-10)12(18)9-1-3-11(19)4-2-9/h1-4,10,19H,5-8H2. The Morgan fingerprint density at radius 2 is 1.68 bits per heavy atom. The highest BCUT2D eigenvalue weighted by atomic mass is 32.1. The van der Waals surface area contributed by atoms with Crippen LogP contribution in [0.1, 0.15) is 23.2 Å². The fourth-order valence-electron chi connectivity index (χ4n) is 2.20. The lowest BCUT2D eigenvalue weighted by Gasteiger charge is -2.33. The molecule has 1 saturated heterocycles. The zero-order valence-electron chi connectivity index (χ0n) is 10.2.